The van der Waals surface area contributed by atoms with E-state index < -0.39 is 18.0 Å². The molecule has 0 aliphatic rings. The van der Waals surface area contributed by atoms with Gasteiger partial charge in [-0.05, 0) is 96.3 Å². The van der Waals surface area contributed by atoms with Crippen LogP contribution in [0.3, 0.4) is 0 Å². The fourth-order valence-corrected chi connectivity index (χ4v) is 4.03. The number of phenols is 1. The molecule has 0 aromatic heterocycles. The number of hydrogen-bond donors (Lipinski definition) is 3. The molecule has 0 aliphatic heterocycles. The van der Waals surface area contributed by atoms with E-state index in [-0.39, 0.29) is 31.4 Å². The van der Waals surface area contributed by atoms with Crippen molar-refractivity contribution in [1.82, 2.24) is 0 Å². The predicted octanol–water partition coefficient (Wildman–Crippen LogP) is 5.08. The number of aromatic hydroxyl groups is 1. The number of carboxylic acids is 1. The minimum atomic E-state index is -1.07. The zero-order valence-electron chi connectivity index (χ0n) is 21.5. The van der Waals surface area contributed by atoms with Crippen LogP contribution in [-0.4, -0.2) is 34.8 Å². The van der Waals surface area contributed by atoms with Crippen molar-refractivity contribution in [3.8, 4) is 17.2 Å². The topological polar surface area (TPSA) is 119 Å². The quantitative estimate of drug-likeness (QED) is 0.248. The number of rotatable bonds is 10. The van der Waals surface area contributed by atoms with E-state index in [4.69, 9.17) is 20.3 Å². The lowest BCUT2D eigenvalue weighted by atomic mass is 9.93. The zero-order valence-corrected chi connectivity index (χ0v) is 22.3. The maximum Gasteiger partial charge on any atom is 0.349 e. The molecular weight excluding hydrogens is 494 g/mol. The molecule has 0 aliphatic carbocycles. The van der Waals surface area contributed by atoms with E-state index in [2.05, 4.69) is 13.8 Å². The number of phenolic OH excluding ortho intramolecular Hbond substituents is 1. The van der Waals surface area contributed by atoms with Gasteiger partial charge in [0.15, 0.2) is 6.61 Å². The summed E-state index contributed by atoms with van der Waals surface area (Å²) >= 11 is 0. The molecular formula is C29H34ClNO6. The molecule has 3 aromatic rings. The van der Waals surface area contributed by atoms with E-state index >= 15 is 0 Å². The van der Waals surface area contributed by atoms with Crippen LogP contribution in [0.1, 0.15) is 53.1 Å². The summed E-state index contributed by atoms with van der Waals surface area (Å²) in [7, 11) is 0. The highest BCUT2D eigenvalue weighted by molar-refractivity contribution is 5.85. The van der Waals surface area contributed by atoms with Crippen LogP contribution in [0, 0.1) is 13.8 Å². The highest BCUT2D eigenvalue weighted by Gasteiger charge is 2.14. The number of nitrogens with two attached hydrogens (primary N) is 1. The summed E-state index contributed by atoms with van der Waals surface area (Å²) < 4.78 is 11.0. The number of ether oxygens (including phenoxy) is 2. The first-order valence-electron chi connectivity index (χ1n) is 11.9. The van der Waals surface area contributed by atoms with Crippen LogP contribution in [0.4, 0.5) is 0 Å². The summed E-state index contributed by atoms with van der Waals surface area (Å²) in [5, 5.41) is 19.0. The normalized spacial score (nSPS) is 11.5. The first-order valence-corrected chi connectivity index (χ1v) is 11.9. The Morgan fingerprint density at radius 1 is 0.919 bits per heavy atom. The Morgan fingerprint density at radius 2 is 1.51 bits per heavy atom. The zero-order chi connectivity index (χ0) is 26.4. The fourth-order valence-electron chi connectivity index (χ4n) is 4.03. The molecule has 8 heteroatoms. The molecule has 0 radical (unpaired) electrons. The standard InChI is InChI=1S/C29H33NO6.ClH/c1-17(2)24-13-21(7-10-27(24)31)14-25-18(3)11-23(12-19(25)4)35-16-28(32)36-22-8-5-20(6-9-22)15-26(30)29(33)34;/h5-13,17,26,31H,14-16,30H2,1-4H3,(H,33,34);1H/t26-;/m0./s1. The summed E-state index contributed by atoms with van der Waals surface area (Å²) in [6.07, 6.45) is 0.917. The SMILES string of the molecule is Cc1cc(OCC(=O)Oc2ccc(C[C@H](N)C(=O)O)cc2)cc(C)c1Cc1ccc(O)c(C(C)C)c1.Cl. The number of benzene rings is 3. The Balaban J connectivity index is 0.00000481. The van der Waals surface area contributed by atoms with Crippen LogP contribution in [0.5, 0.6) is 17.2 Å². The van der Waals surface area contributed by atoms with Crippen molar-refractivity contribution in [2.24, 2.45) is 5.73 Å². The monoisotopic (exact) mass is 527 g/mol. The molecule has 0 saturated carbocycles. The Labute approximate surface area is 223 Å². The number of carbonyl (C=O) groups excluding carboxylic acids is 1. The highest BCUT2D eigenvalue weighted by Crippen LogP contribution is 2.29. The maximum absolute atomic E-state index is 12.3. The van der Waals surface area contributed by atoms with Crippen molar-refractivity contribution >= 4 is 24.3 Å². The van der Waals surface area contributed by atoms with Gasteiger partial charge in [0.05, 0.1) is 0 Å². The molecule has 0 spiro atoms. The third kappa shape index (κ3) is 8.23. The van der Waals surface area contributed by atoms with Gasteiger partial charge in [-0.1, -0.05) is 38.1 Å². The summed E-state index contributed by atoms with van der Waals surface area (Å²) in [5.74, 6) is -0.144. The minimum absolute atomic E-state index is 0. The molecule has 0 heterocycles. The second kappa shape index (κ2) is 13.1. The first kappa shape index (κ1) is 29.7. The average molecular weight is 528 g/mol. The highest BCUT2D eigenvalue weighted by atomic mass is 35.5. The number of carboxylic acid groups (broad SMARTS) is 1. The molecule has 37 heavy (non-hydrogen) atoms. The minimum Gasteiger partial charge on any atom is -0.508 e. The lowest BCUT2D eigenvalue weighted by Gasteiger charge is -2.15. The first-order chi connectivity index (χ1) is 17.0. The summed E-state index contributed by atoms with van der Waals surface area (Å²) in [6.45, 7) is 7.88. The second-order valence-electron chi connectivity index (χ2n) is 9.32. The molecule has 7 nitrogen and oxygen atoms in total. The van der Waals surface area contributed by atoms with Crippen LogP contribution < -0.4 is 15.2 Å². The lowest BCUT2D eigenvalue weighted by Crippen LogP contribution is -2.32. The number of aliphatic carboxylic acids is 1. The van der Waals surface area contributed by atoms with Gasteiger partial charge in [-0.2, -0.15) is 0 Å². The van der Waals surface area contributed by atoms with Crippen LogP contribution in [-0.2, 0) is 22.4 Å². The molecule has 0 amide bonds. The van der Waals surface area contributed by atoms with Crippen molar-refractivity contribution in [2.45, 2.75) is 52.5 Å². The molecule has 4 N–H and O–H groups in total. The third-order valence-electron chi connectivity index (χ3n) is 6.05. The largest absolute Gasteiger partial charge is 0.508 e. The number of aryl methyl sites for hydroxylation is 2. The van der Waals surface area contributed by atoms with Crippen molar-refractivity contribution in [1.29, 1.82) is 0 Å². The van der Waals surface area contributed by atoms with Crippen LogP contribution >= 0.6 is 12.4 Å². The van der Waals surface area contributed by atoms with Crippen molar-refractivity contribution in [2.75, 3.05) is 6.61 Å². The average Bonchev–Trinajstić information content (AvgIpc) is 2.82. The molecule has 0 fully saturated rings. The van der Waals surface area contributed by atoms with Crippen molar-refractivity contribution in [3.05, 3.63) is 88.0 Å². The van der Waals surface area contributed by atoms with Gasteiger partial charge in [-0.3, -0.25) is 4.79 Å². The molecule has 0 unspecified atom stereocenters. The van der Waals surface area contributed by atoms with Gasteiger partial charge in [0, 0.05) is 0 Å². The molecule has 3 rings (SSSR count). The van der Waals surface area contributed by atoms with Crippen LogP contribution in [0.25, 0.3) is 0 Å². The summed E-state index contributed by atoms with van der Waals surface area (Å²) in [5.41, 5.74) is 11.6. The Bertz CT molecular complexity index is 1220. The van der Waals surface area contributed by atoms with E-state index in [0.29, 0.717) is 17.2 Å². The number of halogens is 1. The Morgan fingerprint density at radius 3 is 2.08 bits per heavy atom. The van der Waals surface area contributed by atoms with Gasteiger partial charge < -0.3 is 25.4 Å². The van der Waals surface area contributed by atoms with Crippen LogP contribution in [0.15, 0.2) is 54.6 Å². The van der Waals surface area contributed by atoms with Gasteiger partial charge in [0.1, 0.15) is 23.3 Å². The number of hydrogen-bond acceptors (Lipinski definition) is 6. The fraction of sp³-hybridized carbons (Fsp3) is 0.310. The molecule has 3 aromatic carbocycles. The van der Waals surface area contributed by atoms with Gasteiger partial charge >= 0.3 is 11.9 Å². The third-order valence-corrected chi connectivity index (χ3v) is 6.05. The number of carbonyl (C=O) groups is 2. The van der Waals surface area contributed by atoms with E-state index in [1.54, 1.807) is 30.3 Å². The van der Waals surface area contributed by atoms with Gasteiger partial charge in [-0.15, -0.1) is 12.4 Å². The Kier molecular flexibility index (Phi) is 10.5. The summed E-state index contributed by atoms with van der Waals surface area (Å²) in [6, 6.07) is 15.1. The smallest absolute Gasteiger partial charge is 0.349 e. The molecule has 0 saturated heterocycles. The van der Waals surface area contributed by atoms with E-state index in [0.717, 1.165) is 34.2 Å². The predicted molar refractivity (Wildman–Crippen MR) is 145 cm³/mol. The lowest BCUT2D eigenvalue weighted by molar-refractivity contribution is -0.138. The van der Waals surface area contributed by atoms with Gasteiger partial charge in [0.2, 0.25) is 0 Å². The molecule has 0 bridgehead atoms. The second-order valence-corrected chi connectivity index (χ2v) is 9.32. The number of esters is 1. The molecule has 1 atom stereocenters. The van der Waals surface area contributed by atoms with Crippen LogP contribution in [0.2, 0.25) is 0 Å². The van der Waals surface area contributed by atoms with Gasteiger partial charge in [0.25, 0.3) is 0 Å². The van der Waals surface area contributed by atoms with Gasteiger partial charge in [-0.25, -0.2) is 4.79 Å². The molecule has 198 valence electrons. The van der Waals surface area contributed by atoms with E-state index in [1.165, 1.54) is 5.56 Å². The van der Waals surface area contributed by atoms with Crippen molar-refractivity contribution < 1.29 is 29.3 Å². The van der Waals surface area contributed by atoms with E-state index in [9.17, 15) is 14.7 Å². The van der Waals surface area contributed by atoms with Crippen molar-refractivity contribution in [3.63, 3.8) is 0 Å². The maximum atomic E-state index is 12.3. The summed E-state index contributed by atoms with van der Waals surface area (Å²) in [4.78, 5) is 23.1. The Hall–Kier alpha value is -3.55. The van der Waals surface area contributed by atoms with E-state index in [1.807, 2.05) is 38.1 Å².